The molecule has 99 heavy (non-hydrogen) atoms. The predicted octanol–water partition coefficient (Wildman–Crippen LogP) is 24.0. The predicted molar refractivity (Wildman–Crippen MR) is 409 cm³/mol. The Kier molecular flexibility index (Phi) is 15.8. The first kappa shape index (κ1) is 59.6. The second-order valence-corrected chi connectivity index (χ2v) is 25.1. The van der Waals surface area contributed by atoms with E-state index in [-0.39, 0.29) is 0 Å². The zero-order chi connectivity index (χ0) is 66.0. The molecule has 12 aromatic carbocycles. The number of benzene rings is 12. The minimum absolute atomic E-state index is 0.811. The number of ether oxygens (including phenoxy) is 1. The minimum atomic E-state index is 0.811. The lowest BCUT2D eigenvalue weighted by Crippen LogP contribution is -1.94. The van der Waals surface area contributed by atoms with E-state index in [1.54, 1.807) is 7.11 Å². The van der Waals surface area contributed by atoms with Crippen molar-refractivity contribution in [3.05, 3.63) is 365 Å². The summed E-state index contributed by atoms with van der Waals surface area (Å²) in [4.78, 5) is 17.7. The molecular formula is C93H63N5O. The number of aromatic nitrogens is 5. The number of fused-ring (bicyclic) bond motifs is 3. The average Bonchev–Trinajstić information content (AvgIpc) is 1.60. The number of methoxy groups -OCH3 is 1. The molecule has 0 N–H and O–H groups in total. The fourth-order valence-electron chi connectivity index (χ4n) is 13.9. The Balaban J connectivity index is 0.761. The third-order valence-corrected chi connectivity index (χ3v) is 19.0. The Labute approximate surface area is 575 Å². The zero-order valence-corrected chi connectivity index (χ0v) is 54.3. The van der Waals surface area contributed by atoms with Crippen molar-refractivity contribution in [2.75, 3.05) is 7.11 Å². The van der Waals surface area contributed by atoms with Crippen LogP contribution in [-0.2, 0) is 0 Å². The van der Waals surface area contributed by atoms with Crippen LogP contribution in [0.25, 0.3) is 172 Å². The maximum atomic E-state index is 5.67. The monoisotopic (exact) mass is 1270 g/mol. The highest BCUT2D eigenvalue weighted by Gasteiger charge is 2.19. The van der Waals surface area contributed by atoms with Crippen molar-refractivity contribution in [2.24, 2.45) is 0 Å². The maximum absolute atomic E-state index is 5.67. The Bertz CT molecular complexity index is 5710. The lowest BCUT2D eigenvalue weighted by molar-refractivity contribution is 0.415. The molecule has 0 aliphatic carbocycles. The van der Waals surface area contributed by atoms with Crippen molar-refractivity contribution >= 4 is 21.8 Å². The molecule has 6 heteroatoms. The molecule has 0 saturated carbocycles. The molecule has 466 valence electrons. The normalized spacial score (nSPS) is 11.3. The quantitative estimate of drug-likeness (QED) is 0.102. The third kappa shape index (κ3) is 12.2. The van der Waals surface area contributed by atoms with Gasteiger partial charge in [-0.3, -0.25) is 19.9 Å². The lowest BCUT2D eigenvalue weighted by Gasteiger charge is -2.14. The van der Waals surface area contributed by atoms with E-state index in [2.05, 4.69) is 304 Å². The van der Waals surface area contributed by atoms with E-state index in [1.165, 1.54) is 0 Å². The summed E-state index contributed by atoms with van der Waals surface area (Å²) < 4.78 is 8.05. The van der Waals surface area contributed by atoms with Gasteiger partial charge in [0.05, 0.1) is 18.1 Å². The number of rotatable bonds is 15. The van der Waals surface area contributed by atoms with Gasteiger partial charge in [0.25, 0.3) is 0 Å². The average molecular weight is 1270 g/mol. The smallest absolute Gasteiger partial charge is 0.119 e. The molecule has 5 heterocycles. The van der Waals surface area contributed by atoms with E-state index in [0.29, 0.717) is 0 Å². The summed E-state index contributed by atoms with van der Waals surface area (Å²) in [5, 5.41) is 2.32. The van der Waals surface area contributed by atoms with Crippen molar-refractivity contribution in [1.29, 1.82) is 0 Å². The van der Waals surface area contributed by atoms with Crippen LogP contribution in [0.5, 0.6) is 5.75 Å². The fraction of sp³-hybridized carbons (Fsp3) is 0.0108. The molecule has 17 rings (SSSR count). The highest BCUT2D eigenvalue weighted by atomic mass is 16.5. The van der Waals surface area contributed by atoms with Gasteiger partial charge in [0, 0.05) is 88.3 Å². The van der Waals surface area contributed by atoms with Crippen LogP contribution < -0.4 is 4.74 Å². The van der Waals surface area contributed by atoms with E-state index >= 15 is 0 Å². The van der Waals surface area contributed by atoms with Crippen molar-refractivity contribution < 1.29 is 4.74 Å². The van der Waals surface area contributed by atoms with E-state index in [4.69, 9.17) is 4.74 Å². The van der Waals surface area contributed by atoms with Crippen LogP contribution >= 0.6 is 0 Å². The van der Waals surface area contributed by atoms with Crippen molar-refractivity contribution in [3.63, 3.8) is 0 Å². The third-order valence-electron chi connectivity index (χ3n) is 19.0. The van der Waals surface area contributed by atoms with Crippen LogP contribution in [0.15, 0.2) is 365 Å². The molecule has 0 saturated heterocycles. The van der Waals surface area contributed by atoms with Crippen LogP contribution in [0.2, 0.25) is 0 Å². The Hall–Kier alpha value is -13.2. The van der Waals surface area contributed by atoms with E-state index in [0.717, 1.165) is 178 Å². The Morgan fingerprint density at radius 1 is 0.202 bits per heavy atom. The molecule has 0 amide bonds. The van der Waals surface area contributed by atoms with Gasteiger partial charge in [0.2, 0.25) is 0 Å². The lowest BCUT2D eigenvalue weighted by atomic mass is 9.90. The van der Waals surface area contributed by atoms with Crippen LogP contribution in [0.3, 0.4) is 0 Å². The number of nitrogens with zero attached hydrogens (tertiary/aromatic N) is 5. The van der Waals surface area contributed by atoms with E-state index in [9.17, 15) is 0 Å². The van der Waals surface area contributed by atoms with Gasteiger partial charge >= 0.3 is 0 Å². The van der Waals surface area contributed by atoms with Gasteiger partial charge in [-0.2, -0.15) is 0 Å². The highest BCUT2D eigenvalue weighted by Crippen LogP contribution is 2.43. The second-order valence-electron chi connectivity index (χ2n) is 25.1. The Morgan fingerprint density at radius 3 is 0.707 bits per heavy atom. The van der Waals surface area contributed by atoms with Crippen molar-refractivity contribution in [2.45, 2.75) is 0 Å². The molecule has 0 bridgehead atoms. The summed E-state index contributed by atoms with van der Waals surface area (Å²) in [6, 6.07) is 115. The van der Waals surface area contributed by atoms with E-state index in [1.807, 2.05) is 86.0 Å². The van der Waals surface area contributed by atoms with Crippen LogP contribution in [-0.4, -0.2) is 31.6 Å². The number of hydrogen-bond acceptors (Lipinski definition) is 5. The Morgan fingerprint density at radius 2 is 0.424 bits per heavy atom. The number of hydrogen-bond donors (Lipinski definition) is 0. The van der Waals surface area contributed by atoms with Gasteiger partial charge in [-0.15, -0.1) is 0 Å². The van der Waals surface area contributed by atoms with Gasteiger partial charge < -0.3 is 9.30 Å². The SMILES string of the molecule is COc1ccc(-n2c3ccc(-c4cccc(-c5cc(-c6ccc(-c7cccc(-c8cccnc8)c7)cc6)cc(-c6cccc(-c7cccnc7)c6)c5)c4)cc3c3cc(-c4cccc(-c5cc(-c6cccc(-c7cccnc7)c6)cc(-c6cccc(-c7cccnc7)c6)c5)c4)ccc32)cc1. The number of pyridine rings is 4. The largest absolute Gasteiger partial charge is 0.497 e. The molecule has 0 fully saturated rings. The summed E-state index contributed by atoms with van der Waals surface area (Å²) in [6.45, 7) is 0. The summed E-state index contributed by atoms with van der Waals surface area (Å²) in [5.74, 6) is 0.811. The second kappa shape index (κ2) is 26.2. The van der Waals surface area contributed by atoms with Gasteiger partial charge in [-0.1, -0.05) is 170 Å². The first-order valence-electron chi connectivity index (χ1n) is 33.3. The summed E-state index contributed by atoms with van der Waals surface area (Å²) in [5.41, 5.74) is 32.5. The maximum Gasteiger partial charge on any atom is 0.119 e. The highest BCUT2D eigenvalue weighted by molar-refractivity contribution is 6.12. The summed E-state index contributed by atoms with van der Waals surface area (Å²) >= 11 is 0. The van der Waals surface area contributed by atoms with Gasteiger partial charge in [0.15, 0.2) is 0 Å². The van der Waals surface area contributed by atoms with Crippen molar-refractivity contribution in [3.8, 4) is 156 Å². The molecule has 5 aromatic heterocycles. The molecule has 0 radical (unpaired) electrons. The van der Waals surface area contributed by atoms with Crippen LogP contribution in [0, 0.1) is 0 Å². The molecular weight excluding hydrogens is 1200 g/mol. The van der Waals surface area contributed by atoms with Gasteiger partial charge in [0.1, 0.15) is 5.75 Å². The summed E-state index contributed by atoms with van der Waals surface area (Å²) in [6.07, 6.45) is 15.0. The standard InChI is InChI=1S/C93H63N5O/c1-99-89-36-34-88(35-37-89)98-92-38-32-76(65-13-3-19-71(45-65)83-50-82(51-84(52-83)73-21-5-16-68(47-73)79-25-9-41-95-59-79)63-30-28-62(29-31-63)64-12-2-15-67(44-64)78-24-8-40-94-58-78)56-90(92)91-57-77(33-39-93(91)98)66-14-4-20-72(46-66)85-53-86(74-22-6-17-69(48-74)80-26-10-42-96-60-80)55-87(54-85)75-23-7-18-70(49-75)81-27-11-43-97-61-81/h2-61H,1H3. The van der Waals surface area contributed by atoms with Gasteiger partial charge in [-0.05, 0) is 268 Å². The topological polar surface area (TPSA) is 65.7 Å². The minimum Gasteiger partial charge on any atom is -0.497 e. The molecule has 0 unspecified atom stereocenters. The molecule has 6 nitrogen and oxygen atoms in total. The summed E-state index contributed by atoms with van der Waals surface area (Å²) in [7, 11) is 1.72. The molecule has 17 aromatic rings. The molecule has 0 atom stereocenters. The fourth-order valence-corrected chi connectivity index (χ4v) is 13.9. The first-order chi connectivity index (χ1) is 48.9. The van der Waals surface area contributed by atoms with E-state index < -0.39 is 0 Å². The molecule has 0 spiro atoms. The van der Waals surface area contributed by atoms with Gasteiger partial charge in [-0.25, -0.2) is 0 Å². The van der Waals surface area contributed by atoms with Crippen LogP contribution in [0.4, 0.5) is 0 Å². The molecule has 0 aliphatic rings. The first-order valence-corrected chi connectivity index (χ1v) is 33.3. The molecule has 0 aliphatic heterocycles. The zero-order valence-electron chi connectivity index (χ0n) is 54.3. The van der Waals surface area contributed by atoms with Crippen LogP contribution in [0.1, 0.15) is 0 Å². The van der Waals surface area contributed by atoms with Crippen molar-refractivity contribution in [1.82, 2.24) is 24.5 Å².